The van der Waals surface area contributed by atoms with Gasteiger partial charge in [0, 0.05) is 18.8 Å². The molecule has 0 unspecified atom stereocenters. The van der Waals surface area contributed by atoms with Crippen LogP contribution >= 0.6 is 0 Å². The van der Waals surface area contributed by atoms with Gasteiger partial charge in [-0.1, -0.05) is 31.7 Å². The highest BCUT2D eigenvalue weighted by atomic mass is 16.5. The summed E-state index contributed by atoms with van der Waals surface area (Å²) in [4.78, 5) is 14.5. The van der Waals surface area contributed by atoms with Gasteiger partial charge in [-0.05, 0) is 25.0 Å². The van der Waals surface area contributed by atoms with Gasteiger partial charge in [0.25, 0.3) is 0 Å². The maximum atomic E-state index is 12.9. The van der Waals surface area contributed by atoms with Crippen LogP contribution in [0.25, 0.3) is 0 Å². The first-order chi connectivity index (χ1) is 10.1. The Bertz CT molecular complexity index is 540. The molecule has 1 aromatic carbocycles. The van der Waals surface area contributed by atoms with E-state index in [4.69, 9.17) is 4.74 Å². The second kappa shape index (κ2) is 6.62. The van der Waals surface area contributed by atoms with Crippen LogP contribution in [0.1, 0.15) is 38.5 Å². The van der Waals surface area contributed by atoms with E-state index in [1.165, 1.54) is 0 Å². The number of amides is 1. The maximum absolute atomic E-state index is 12.9. The Morgan fingerprint density at radius 2 is 1.95 bits per heavy atom. The summed E-state index contributed by atoms with van der Waals surface area (Å²) in [5, 5.41) is 9.61. The van der Waals surface area contributed by atoms with Crippen molar-refractivity contribution in [2.24, 2.45) is 5.41 Å². The number of nitrogens with zero attached hydrogens (tertiary/aromatic N) is 2. The molecule has 2 rings (SSSR count). The van der Waals surface area contributed by atoms with E-state index in [1.807, 2.05) is 24.3 Å². The molecule has 4 heteroatoms. The SMILES string of the molecule is COc1cccc(N(C)C(=O)C2(C#N)CCCCCC2)c1. The molecule has 1 aliphatic rings. The first-order valence-corrected chi connectivity index (χ1v) is 7.46. The van der Waals surface area contributed by atoms with E-state index in [2.05, 4.69) is 6.07 Å². The number of hydrogen-bond donors (Lipinski definition) is 0. The fourth-order valence-electron chi connectivity index (χ4n) is 2.96. The Labute approximate surface area is 126 Å². The Hall–Kier alpha value is -2.02. The molecule has 112 valence electrons. The van der Waals surface area contributed by atoms with Gasteiger partial charge in [0.1, 0.15) is 11.2 Å². The summed E-state index contributed by atoms with van der Waals surface area (Å²) in [6.07, 6.45) is 5.45. The third-order valence-electron chi connectivity index (χ3n) is 4.33. The van der Waals surface area contributed by atoms with Crippen LogP contribution in [0.3, 0.4) is 0 Å². The molecule has 1 aliphatic carbocycles. The van der Waals surface area contributed by atoms with Crippen molar-refractivity contribution in [2.45, 2.75) is 38.5 Å². The fraction of sp³-hybridized carbons (Fsp3) is 0.529. The maximum Gasteiger partial charge on any atom is 0.247 e. The van der Waals surface area contributed by atoms with E-state index in [-0.39, 0.29) is 5.91 Å². The summed E-state index contributed by atoms with van der Waals surface area (Å²) < 4.78 is 5.20. The van der Waals surface area contributed by atoms with Crippen LogP contribution < -0.4 is 9.64 Å². The summed E-state index contributed by atoms with van der Waals surface area (Å²) in [5.41, 5.74) is -0.104. The molecule has 0 aliphatic heterocycles. The lowest BCUT2D eigenvalue weighted by Crippen LogP contribution is -2.41. The van der Waals surface area contributed by atoms with Crippen LogP contribution in [0.5, 0.6) is 5.75 Å². The predicted molar refractivity (Wildman–Crippen MR) is 82.2 cm³/mol. The molecule has 1 aromatic rings. The standard InChI is InChI=1S/C17H22N2O2/c1-19(14-8-7-9-15(12-14)21-2)16(20)17(13-18)10-5-3-4-6-11-17/h7-9,12H,3-6,10-11H2,1-2H3. The molecule has 1 amide bonds. The molecule has 0 bridgehead atoms. The number of rotatable bonds is 3. The summed E-state index contributed by atoms with van der Waals surface area (Å²) >= 11 is 0. The van der Waals surface area contributed by atoms with E-state index in [1.54, 1.807) is 19.1 Å². The molecule has 0 N–H and O–H groups in total. The van der Waals surface area contributed by atoms with E-state index < -0.39 is 5.41 Å². The van der Waals surface area contributed by atoms with Crippen LogP contribution in [0.2, 0.25) is 0 Å². The molecule has 1 fully saturated rings. The third kappa shape index (κ3) is 3.18. The minimum atomic E-state index is -0.867. The van der Waals surface area contributed by atoms with Crippen molar-refractivity contribution in [1.82, 2.24) is 0 Å². The van der Waals surface area contributed by atoms with E-state index >= 15 is 0 Å². The van der Waals surface area contributed by atoms with Gasteiger partial charge in [-0.25, -0.2) is 0 Å². The van der Waals surface area contributed by atoms with Gasteiger partial charge in [0.2, 0.25) is 5.91 Å². The summed E-state index contributed by atoms with van der Waals surface area (Å²) in [6, 6.07) is 9.69. The number of nitriles is 1. The molecule has 0 aromatic heterocycles. The van der Waals surface area contributed by atoms with E-state index in [9.17, 15) is 10.1 Å². The minimum absolute atomic E-state index is 0.0971. The number of anilines is 1. The van der Waals surface area contributed by atoms with Gasteiger partial charge in [-0.15, -0.1) is 0 Å². The first-order valence-electron chi connectivity index (χ1n) is 7.46. The number of methoxy groups -OCH3 is 1. The lowest BCUT2D eigenvalue weighted by molar-refractivity contribution is -0.125. The van der Waals surface area contributed by atoms with Crippen LogP contribution in [-0.4, -0.2) is 20.1 Å². The highest BCUT2D eigenvalue weighted by molar-refractivity contribution is 5.99. The topological polar surface area (TPSA) is 53.3 Å². The molecule has 1 saturated carbocycles. The molecule has 0 saturated heterocycles. The highest BCUT2D eigenvalue weighted by Crippen LogP contribution is 2.37. The molecule has 0 atom stereocenters. The zero-order valence-corrected chi connectivity index (χ0v) is 12.8. The van der Waals surface area contributed by atoms with E-state index in [0.29, 0.717) is 18.6 Å². The van der Waals surface area contributed by atoms with Gasteiger partial charge in [-0.2, -0.15) is 5.26 Å². The quantitative estimate of drug-likeness (QED) is 0.799. The van der Waals surface area contributed by atoms with Crippen LogP contribution in [-0.2, 0) is 4.79 Å². The highest BCUT2D eigenvalue weighted by Gasteiger charge is 2.41. The largest absolute Gasteiger partial charge is 0.497 e. The minimum Gasteiger partial charge on any atom is -0.497 e. The van der Waals surface area contributed by atoms with E-state index in [0.717, 1.165) is 31.4 Å². The number of carbonyl (C=O) groups is 1. The van der Waals surface area contributed by atoms with Crippen molar-refractivity contribution < 1.29 is 9.53 Å². The zero-order chi connectivity index (χ0) is 15.3. The second-order valence-corrected chi connectivity index (χ2v) is 5.67. The Morgan fingerprint density at radius 1 is 1.29 bits per heavy atom. The number of benzene rings is 1. The summed E-state index contributed by atoms with van der Waals surface area (Å²) in [6.45, 7) is 0. The van der Waals surface area contributed by atoms with Crippen molar-refractivity contribution in [3.05, 3.63) is 24.3 Å². The number of carbonyl (C=O) groups excluding carboxylic acids is 1. The van der Waals surface area contributed by atoms with Crippen LogP contribution in [0.15, 0.2) is 24.3 Å². The number of hydrogen-bond acceptors (Lipinski definition) is 3. The van der Waals surface area contributed by atoms with Crippen LogP contribution in [0.4, 0.5) is 5.69 Å². The monoisotopic (exact) mass is 286 g/mol. The van der Waals surface area contributed by atoms with Crippen molar-refractivity contribution in [3.63, 3.8) is 0 Å². The van der Waals surface area contributed by atoms with Crippen molar-refractivity contribution >= 4 is 11.6 Å². The average molecular weight is 286 g/mol. The normalized spacial score (nSPS) is 17.4. The lowest BCUT2D eigenvalue weighted by atomic mass is 9.80. The lowest BCUT2D eigenvalue weighted by Gasteiger charge is -2.29. The van der Waals surface area contributed by atoms with Crippen molar-refractivity contribution in [1.29, 1.82) is 5.26 Å². The van der Waals surface area contributed by atoms with Gasteiger partial charge >= 0.3 is 0 Å². The fourth-order valence-corrected chi connectivity index (χ4v) is 2.96. The van der Waals surface area contributed by atoms with Crippen LogP contribution in [0, 0.1) is 16.7 Å². The molecular weight excluding hydrogens is 264 g/mol. The van der Waals surface area contributed by atoms with Gasteiger partial charge < -0.3 is 9.64 Å². The predicted octanol–water partition coefficient (Wildman–Crippen LogP) is 3.52. The van der Waals surface area contributed by atoms with Gasteiger partial charge in [0.15, 0.2) is 0 Å². The summed E-state index contributed by atoms with van der Waals surface area (Å²) in [5.74, 6) is 0.610. The van der Waals surface area contributed by atoms with Crippen molar-refractivity contribution in [2.75, 3.05) is 19.1 Å². The zero-order valence-electron chi connectivity index (χ0n) is 12.8. The molecule has 0 heterocycles. The third-order valence-corrected chi connectivity index (χ3v) is 4.33. The Kier molecular flexibility index (Phi) is 4.85. The molecule has 21 heavy (non-hydrogen) atoms. The number of ether oxygens (including phenoxy) is 1. The van der Waals surface area contributed by atoms with Gasteiger partial charge in [-0.3, -0.25) is 4.79 Å². The Morgan fingerprint density at radius 3 is 2.52 bits per heavy atom. The molecule has 0 radical (unpaired) electrons. The molecular formula is C17H22N2O2. The second-order valence-electron chi connectivity index (χ2n) is 5.67. The smallest absolute Gasteiger partial charge is 0.247 e. The molecule has 0 spiro atoms. The Balaban J connectivity index is 2.26. The van der Waals surface area contributed by atoms with Crippen molar-refractivity contribution in [3.8, 4) is 11.8 Å². The van der Waals surface area contributed by atoms with Gasteiger partial charge in [0.05, 0.1) is 13.2 Å². The summed E-state index contributed by atoms with van der Waals surface area (Å²) in [7, 11) is 3.34. The first kappa shape index (κ1) is 15.4. The molecule has 4 nitrogen and oxygen atoms in total. The average Bonchev–Trinajstić information content (AvgIpc) is 2.80.